The lowest BCUT2D eigenvalue weighted by Gasteiger charge is -2.18. The zero-order valence-electron chi connectivity index (χ0n) is 73.3. The van der Waals surface area contributed by atoms with Crippen molar-refractivity contribution in [2.24, 2.45) is 0 Å². The quantitative estimate of drug-likeness (QED) is 0.0918. The highest BCUT2D eigenvalue weighted by Gasteiger charge is 2.29. The molecule has 8 heterocycles. The fraction of sp³-hybridized carbons (Fsp3) is 0. The van der Waals surface area contributed by atoms with Gasteiger partial charge in [0.1, 0.15) is 22.3 Å². The Labute approximate surface area is 782 Å². The topological polar surface area (TPSA) is 139 Å². The summed E-state index contributed by atoms with van der Waals surface area (Å²) in [5.41, 5.74) is 30.8. The fourth-order valence-corrected chi connectivity index (χ4v) is 19.6. The lowest BCUT2D eigenvalue weighted by Crippen LogP contribution is -2.02. The molecule has 0 amide bonds. The Bertz CT molecular complexity index is 8880. The zero-order valence-corrected chi connectivity index (χ0v) is 73.3. The summed E-state index contributed by atoms with van der Waals surface area (Å²) in [7, 11) is 0. The van der Waals surface area contributed by atoms with E-state index >= 15 is 0 Å². The second-order valence-electron chi connectivity index (χ2n) is 33.9. The number of pyridine rings is 2. The molecule has 0 unspecified atom stereocenters. The van der Waals surface area contributed by atoms with E-state index in [1.54, 1.807) is 0 Å². The Morgan fingerprint density at radius 1 is 0.184 bits per heavy atom. The number of furan rings is 2. The normalized spacial score (nSPS) is 11.5. The van der Waals surface area contributed by atoms with Gasteiger partial charge in [-0.05, 0) is 147 Å². The van der Waals surface area contributed by atoms with Crippen LogP contribution in [-0.4, -0.2) is 49.0 Å². The summed E-state index contributed by atoms with van der Waals surface area (Å²) in [5, 5.41) is 8.51. The van der Waals surface area contributed by atoms with Crippen LogP contribution < -0.4 is 0 Å². The summed E-state index contributed by atoms with van der Waals surface area (Å²) >= 11 is 0. The maximum absolute atomic E-state index is 7.25. The van der Waals surface area contributed by atoms with Gasteiger partial charge < -0.3 is 18.0 Å². The van der Waals surface area contributed by atoms with Crippen LogP contribution in [0.1, 0.15) is 0 Å². The van der Waals surface area contributed by atoms with Crippen LogP contribution in [0.15, 0.2) is 482 Å². The summed E-state index contributed by atoms with van der Waals surface area (Å²) in [6.45, 7) is 0. The summed E-state index contributed by atoms with van der Waals surface area (Å²) in [6, 6.07) is 160. The van der Waals surface area contributed by atoms with Crippen LogP contribution in [0.5, 0.6) is 0 Å². The minimum Gasteiger partial charge on any atom is -0.456 e. The maximum Gasteiger partial charge on any atom is 0.166 e. The molecular formula is C124H78N10O2. The number of benzene rings is 18. The Hall–Kier alpha value is -18.5. The first-order chi connectivity index (χ1) is 67.5. The second kappa shape index (κ2) is 34.1. The first-order valence-corrected chi connectivity index (χ1v) is 45.6. The van der Waals surface area contributed by atoms with Crippen molar-refractivity contribution in [2.75, 3.05) is 0 Å². The van der Waals surface area contributed by atoms with Crippen molar-refractivity contribution in [3.8, 4) is 169 Å². The number of hydrogen-bond acceptors (Lipinski definition) is 10. The van der Waals surface area contributed by atoms with E-state index in [-0.39, 0.29) is 0 Å². The van der Waals surface area contributed by atoms with Crippen LogP contribution in [0.2, 0.25) is 0 Å². The first kappa shape index (κ1) is 79.6. The molecule has 0 atom stereocenters. The van der Waals surface area contributed by atoms with Crippen LogP contribution in [0.3, 0.4) is 0 Å². The van der Waals surface area contributed by atoms with Crippen molar-refractivity contribution in [2.45, 2.75) is 0 Å². The van der Waals surface area contributed by atoms with E-state index < -0.39 is 0 Å². The van der Waals surface area contributed by atoms with Gasteiger partial charge in [0.2, 0.25) is 0 Å². The minimum atomic E-state index is 0.502. The number of hydrogen-bond donors (Lipinski definition) is 0. The number of aromatic nitrogens is 10. The molecule has 0 spiro atoms. The Morgan fingerprint density at radius 3 is 1.10 bits per heavy atom. The molecule has 0 radical (unpaired) electrons. The highest BCUT2D eigenvalue weighted by atomic mass is 16.3. The van der Waals surface area contributed by atoms with Gasteiger partial charge in [0.25, 0.3) is 0 Å². The summed E-state index contributed by atoms with van der Waals surface area (Å²) in [4.78, 5) is 42.4. The van der Waals surface area contributed by atoms with Gasteiger partial charge in [-0.3, -0.25) is 9.97 Å². The largest absolute Gasteiger partial charge is 0.456 e. The minimum absolute atomic E-state index is 0.502. The van der Waals surface area contributed by atoms with Crippen LogP contribution in [0.25, 0.3) is 256 Å². The predicted molar refractivity (Wildman–Crippen MR) is 555 cm³/mol. The van der Waals surface area contributed by atoms with Crippen molar-refractivity contribution >= 4 is 87.5 Å². The highest BCUT2D eigenvalue weighted by Crippen LogP contribution is 2.51. The van der Waals surface area contributed by atoms with Crippen LogP contribution in [0, 0.1) is 0 Å². The van der Waals surface area contributed by atoms with E-state index in [1.807, 2.05) is 134 Å². The molecule has 0 saturated carbocycles. The van der Waals surface area contributed by atoms with Gasteiger partial charge in [0.15, 0.2) is 34.9 Å². The molecule has 0 aliphatic carbocycles. The molecule has 0 saturated heterocycles. The van der Waals surface area contributed by atoms with E-state index in [4.69, 9.17) is 48.7 Å². The van der Waals surface area contributed by atoms with Gasteiger partial charge in [-0.25, -0.2) is 29.9 Å². The van der Waals surface area contributed by atoms with E-state index in [9.17, 15) is 0 Å². The van der Waals surface area contributed by atoms with E-state index in [1.165, 1.54) is 5.39 Å². The molecule has 8 aromatic heterocycles. The molecule has 26 aromatic rings. The molecule has 0 N–H and O–H groups in total. The molecule has 0 aliphatic heterocycles. The number of para-hydroxylation sites is 5. The van der Waals surface area contributed by atoms with Gasteiger partial charge in [0, 0.05) is 112 Å². The smallest absolute Gasteiger partial charge is 0.166 e. The van der Waals surface area contributed by atoms with Crippen LogP contribution in [-0.2, 0) is 0 Å². The van der Waals surface area contributed by atoms with Crippen molar-refractivity contribution in [3.63, 3.8) is 0 Å². The number of nitrogens with zero attached hydrogens (tertiary/aromatic N) is 10. The van der Waals surface area contributed by atoms with Crippen molar-refractivity contribution < 1.29 is 8.83 Å². The summed E-state index contributed by atoms with van der Waals surface area (Å²) in [6.07, 6.45) is 3.98. The standard InChI is InChI=1S/2C62H39N5O/c1-6-20-40(21-7-1)46-31-18-32-47(41-22-8-2-9-23-41)55(46)44-38-52(62-65-60(42-24-10-3-11-25-42)64-61(66-62)43-26-12-4-13-27-43)57(63-39-44)51-34-19-33-48-49-36-37-54-56(59(49)68-58(48)51)50-30-16-17-35-53(50)67(54)45-28-14-5-15-29-45;1-6-19-40(20-7-1)47-34-33-44(37-51(47)41-21-8-2-9-22-41)45-38-52(62-65-60(42-23-10-3-11-24-42)64-61(66-62)43-25-12-4-13-26-43)58(63-39-45)50-30-18-32-54-56(50)57-55(68-54)36-35-49-48-29-16-17-31-53(48)67(59(49)57)46-27-14-5-15-28-46/h2*1-39H. The molecule has 0 bridgehead atoms. The second-order valence-corrected chi connectivity index (χ2v) is 33.9. The number of fused-ring (bicyclic) bond motifs is 14. The average Bonchev–Trinajstić information content (AvgIpc) is 1.55. The summed E-state index contributed by atoms with van der Waals surface area (Å²) in [5.74, 6) is 3.30. The lowest BCUT2D eigenvalue weighted by atomic mass is 9.87. The third kappa shape index (κ3) is 14.2. The Balaban J connectivity index is 0.000000145. The molecule has 0 aliphatic rings. The van der Waals surface area contributed by atoms with Gasteiger partial charge in [0.05, 0.1) is 44.2 Å². The monoisotopic (exact) mass is 1740 g/mol. The molecule has 12 heteroatoms. The third-order valence-corrected chi connectivity index (χ3v) is 25.8. The van der Waals surface area contributed by atoms with Crippen LogP contribution >= 0.6 is 0 Å². The maximum atomic E-state index is 7.25. The van der Waals surface area contributed by atoms with Gasteiger partial charge in [-0.2, -0.15) is 0 Å². The van der Waals surface area contributed by atoms with Gasteiger partial charge >= 0.3 is 0 Å². The Kier molecular flexibility index (Phi) is 20.0. The highest BCUT2D eigenvalue weighted by molar-refractivity contribution is 6.28. The van der Waals surface area contributed by atoms with E-state index in [2.05, 4.69) is 349 Å². The van der Waals surface area contributed by atoms with Crippen molar-refractivity contribution in [1.82, 2.24) is 49.0 Å². The molecule has 0 fully saturated rings. The molecule has 636 valence electrons. The predicted octanol–water partition coefficient (Wildman–Crippen LogP) is 31.9. The zero-order chi connectivity index (χ0) is 89.9. The number of rotatable bonds is 16. The lowest BCUT2D eigenvalue weighted by molar-refractivity contribution is 0.669. The van der Waals surface area contributed by atoms with Crippen LogP contribution in [0.4, 0.5) is 0 Å². The van der Waals surface area contributed by atoms with Gasteiger partial charge in [-0.15, -0.1) is 0 Å². The fourth-order valence-electron chi connectivity index (χ4n) is 19.6. The molecule has 136 heavy (non-hydrogen) atoms. The molecule has 12 nitrogen and oxygen atoms in total. The van der Waals surface area contributed by atoms with E-state index in [0.717, 1.165) is 210 Å². The third-order valence-electron chi connectivity index (χ3n) is 25.8. The molecule has 18 aromatic carbocycles. The average molecular weight is 1740 g/mol. The van der Waals surface area contributed by atoms with Crippen molar-refractivity contribution in [1.29, 1.82) is 0 Å². The molecule has 26 rings (SSSR count). The molecular weight excluding hydrogens is 1660 g/mol. The van der Waals surface area contributed by atoms with Crippen molar-refractivity contribution in [3.05, 3.63) is 473 Å². The summed E-state index contributed by atoms with van der Waals surface area (Å²) < 4.78 is 18.8. The first-order valence-electron chi connectivity index (χ1n) is 45.6. The van der Waals surface area contributed by atoms with E-state index in [0.29, 0.717) is 40.6 Å². The van der Waals surface area contributed by atoms with Gasteiger partial charge in [-0.1, -0.05) is 370 Å². The SMILES string of the molecule is c1ccc(-c2nc(-c3ccccc3)nc(-c3cc(-c4c(-c5ccccc5)cccc4-c4ccccc4)cnc3-c3cccc4c3oc3c4ccc4c3c3ccccc3n4-c3ccccc3)n2)cc1.c1ccc(-c2nc(-c3ccccc3)nc(-c3cc(-c4ccc(-c5ccccc5)c(-c5ccccc5)c4)cnc3-c3cccc4oc5ccc6c7ccccc7n(-c7ccccc7)c6c5c34)n2)cc1. The Morgan fingerprint density at radius 2 is 0.559 bits per heavy atom.